The zero-order valence-corrected chi connectivity index (χ0v) is 14.6. The summed E-state index contributed by atoms with van der Waals surface area (Å²) in [5.41, 5.74) is 1.02. The number of urea groups is 1. The van der Waals surface area contributed by atoms with Gasteiger partial charge in [-0.1, -0.05) is 19.1 Å². The van der Waals surface area contributed by atoms with Crippen molar-refractivity contribution in [1.82, 2.24) is 15.6 Å². The SMILES string of the molecule is CCCNC(=O)NC(=O)C[NH+]1CCC[C@H]1c1nc2ccccc2s1. The molecule has 1 saturated heterocycles. The molecule has 6 nitrogen and oxygen atoms in total. The van der Waals surface area contributed by atoms with Crippen LogP contribution in [0.3, 0.4) is 0 Å². The topological polar surface area (TPSA) is 75.5 Å². The molecule has 1 unspecified atom stereocenters. The number of aromatic nitrogens is 1. The van der Waals surface area contributed by atoms with E-state index in [0.717, 1.165) is 36.3 Å². The molecule has 0 bridgehead atoms. The van der Waals surface area contributed by atoms with Crippen LogP contribution in [0.1, 0.15) is 37.2 Å². The van der Waals surface area contributed by atoms with E-state index in [9.17, 15) is 9.59 Å². The molecule has 3 rings (SSSR count). The van der Waals surface area contributed by atoms with E-state index in [-0.39, 0.29) is 11.9 Å². The Morgan fingerprint density at radius 2 is 2.21 bits per heavy atom. The Morgan fingerprint density at radius 1 is 1.38 bits per heavy atom. The van der Waals surface area contributed by atoms with Crippen molar-refractivity contribution in [2.24, 2.45) is 0 Å². The number of amides is 3. The Balaban J connectivity index is 1.63. The zero-order chi connectivity index (χ0) is 16.9. The minimum absolute atomic E-state index is 0.230. The van der Waals surface area contributed by atoms with Crippen molar-refractivity contribution in [2.45, 2.75) is 32.2 Å². The second-order valence-corrected chi connectivity index (χ2v) is 7.17. The summed E-state index contributed by atoms with van der Waals surface area (Å²) in [5, 5.41) is 6.16. The Bertz CT molecular complexity index is 697. The van der Waals surface area contributed by atoms with Crippen molar-refractivity contribution in [3.63, 3.8) is 0 Å². The van der Waals surface area contributed by atoms with Gasteiger partial charge in [-0.05, 0) is 18.6 Å². The van der Waals surface area contributed by atoms with Crippen LogP contribution in [0.5, 0.6) is 0 Å². The minimum atomic E-state index is -0.406. The first-order valence-corrected chi connectivity index (χ1v) is 9.26. The van der Waals surface area contributed by atoms with Crippen LogP contribution < -0.4 is 15.5 Å². The third-order valence-corrected chi connectivity index (χ3v) is 5.42. The fourth-order valence-corrected chi connectivity index (χ4v) is 4.28. The number of carbonyl (C=O) groups excluding carboxylic acids is 2. The number of hydrogen-bond acceptors (Lipinski definition) is 4. The lowest BCUT2D eigenvalue weighted by molar-refractivity contribution is -0.910. The van der Waals surface area contributed by atoms with Gasteiger partial charge in [0.25, 0.3) is 5.91 Å². The van der Waals surface area contributed by atoms with E-state index in [0.29, 0.717) is 13.1 Å². The molecule has 3 N–H and O–H groups in total. The molecule has 2 heterocycles. The summed E-state index contributed by atoms with van der Waals surface area (Å²) in [7, 11) is 0. The molecule has 1 aromatic heterocycles. The lowest BCUT2D eigenvalue weighted by atomic mass is 10.2. The van der Waals surface area contributed by atoms with Crippen LogP contribution >= 0.6 is 11.3 Å². The van der Waals surface area contributed by atoms with Gasteiger partial charge >= 0.3 is 6.03 Å². The summed E-state index contributed by atoms with van der Waals surface area (Å²) < 4.78 is 1.18. The normalized spacial score (nSPS) is 20.2. The van der Waals surface area contributed by atoms with Gasteiger partial charge in [0.2, 0.25) is 0 Å². The third-order valence-electron chi connectivity index (χ3n) is 4.27. The van der Waals surface area contributed by atoms with Crippen LogP contribution in [0, 0.1) is 0 Å². The number of hydrogen-bond donors (Lipinski definition) is 3. The van der Waals surface area contributed by atoms with Gasteiger partial charge in [-0.25, -0.2) is 9.78 Å². The number of nitrogens with one attached hydrogen (secondary N) is 3. The molecule has 1 fully saturated rings. The number of likely N-dealkylation sites (tertiary alicyclic amines) is 1. The quantitative estimate of drug-likeness (QED) is 0.762. The predicted molar refractivity (Wildman–Crippen MR) is 94.1 cm³/mol. The number of quaternary nitrogens is 1. The third kappa shape index (κ3) is 3.91. The fourth-order valence-electron chi connectivity index (χ4n) is 3.12. The second kappa shape index (κ2) is 7.72. The number of thiazole rings is 1. The second-order valence-electron chi connectivity index (χ2n) is 6.10. The van der Waals surface area contributed by atoms with E-state index in [4.69, 9.17) is 4.98 Å². The standard InChI is InChI=1S/C17H22N4O2S/c1-2-9-18-17(23)20-15(22)11-21-10-5-7-13(21)16-19-12-6-3-4-8-14(12)24-16/h3-4,6,8,13H,2,5,7,9-11H2,1H3,(H2,18,20,22,23)/p+1/t13-/m0/s1. The van der Waals surface area contributed by atoms with E-state index < -0.39 is 6.03 Å². The Hall–Kier alpha value is -1.99. The van der Waals surface area contributed by atoms with Gasteiger partial charge in [0.1, 0.15) is 6.04 Å². The summed E-state index contributed by atoms with van der Waals surface area (Å²) in [6, 6.07) is 7.95. The number of rotatable bonds is 5. The number of nitrogens with zero attached hydrogens (tertiary/aromatic N) is 1. The molecular weight excluding hydrogens is 324 g/mol. The zero-order valence-electron chi connectivity index (χ0n) is 13.8. The van der Waals surface area contributed by atoms with Crippen molar-refractivity contribution in [3.8, 4) is 0 Å². The van der Waals surface area contributed by atoms with Gasteiger partial charge in [0.15, 0.2) is 11.6 Å². The van der Waals surface area contributed by atoms with Crippen molar-refractivity contribution in [1.29, 1.82) is 0 Å². The highest BCUT2D eigenvalue weighted by molar-refractivity contribution is 7.18. The summed E-state index contributed by atoms with van der Waals surface area (Å²) in [5.74, 6) is -0.230. The number of imide groups is 1. The Morgan fingerprint density at radius 3 is 3.00 bits per heavy atom. The van der Waals surface area contributed by atoms with Crippen LogP contribution in [0.4, 0.5) is 4.79 Å². The maximum absolute atomic E-state index is 12.1. The van der Waals surface area contributed by atoms with Crippen LogP contribution in [0.15, 0.2) is 24.3 Å². The van der Waals surface area contributed by atoms with Crippen molar-refractivity contribution >= 4 is 33.5 Å². The highest BCUT2D eigenvalue weighted by atomic mass is 32.1. The lowest BCUT2D eigenvalue weighted by Gasteiger charge is -2.19. The predicted octanol–water partition coefficient (Wildman–Crippen LogP) is 1.25. The van der Waals surface area contributed by atoms with Crippen LogP contribution in [-0.4, -0.2) is 36.6 Å². The van der Waals surface area contributed by atoms with Crippen molar-refractivity contribution < 1.29 is 14.5 Å². The number of para-hydroxylation sites is 1. The Labute approximate surface area is 145 Å². The highest BCUT2D eigenvalue weighted by Crippen LogP contribution is 2.28. The van der Waals surface area contributed by atoms with Crippen molar-refractivity contribution in [3.05, 3.63) is 29.3 Å². The molecule has 2 aromatic rings. The fraction of sp³-hybridized carbons (Fsp3) is 0.471. The molecule has 24 heavy (non-hydrogen) atoms. The first-order chi connectivity index (χ1) is 11.7. The largest absolute Gasteiger partial charge is 0.338 e. The van der Waals surface area contributed by atoms with Gasteiger partial charge in [0.05, 0.1) is 16.8 Å². The van der Waals surface area contributed by atoms with Gasteiger partial charge in [0, 0.05) is 19.4 Å². The van der Waals surface area contributed by atoms with Crippen LogP contribution in [0.25, 0.3) is 10.2 Å². The highest BCUT2D eigenvalue weighted by Gasteiger charge is 2.34. The molecule has 1 aliphatic heterocycles. The van der Waals surface area contributed by atoms with Crippen molar-refractivity contribution in [2.75, 3.05) is 19.6 Å². The van der Waals surface area contributed by atoms with Gasteiger partial charge < -0.3 is 10.2 Å². The van der Waals surface area contributed by atoms with E-state index >= 15 is 0 Å². The molecular formula is C17H23N4O2S+. The Kier molecular flexibility index (Phi) is 5.42. The molecule has 3 amide bonds. The minimum Gasteiger partial charge on any atom is -0.338 e. The summed E-state index contributed by atoms with van der Waals surface area (Å²) in [6.07, 6.45) is 2.95. The molecule has 0 radical (unpaired) electrons. The average molecular weight is 347 g/mol. The van der Waals surface area contributed by atoms with E-state index in [1.807, 2.05) is 25.1 Å². The average Bonchev–Trinajstić information content (AvgIpc) is 3.18. The molecule has 128 valence electrons. The number of carbonyl (C=O) groups is 2. The van der Waals surface area contributed by atoms with E-state index in [1.54, 1.807) is 11.3 Å². The molecule has 1 aliphatic rings. The lowest BCUT2D eigenvalue weighted by Crippen LogP contribution is -3.11. The van der Waals surface area contributed by atoms with Crippen LogP contribution in [0.2, 0.25) is 0 Å². The molecule has 2 atom stereocenters. The molecule has 7 heteroatoms. The molecule has 0 saturated carbocycles. The summed E-state index contributed by atoms with van der Waals surface area (Å²) in [4.78, 5) is 29.6. The monoisotopic (exact) mass is 347 g/mol. The van der Waals surface area contributed by atoms with Gasteiger partial charge in [-0.2, -0.15) is 0 Å². The van der Waals surface area contributed by atoms with Gasteiger partial charge in [-0.15, -0.1) is 11.3 Å². The van der Waals surface area contributed by atoms with E-state index in [1.165, 1.54) is 9.60 Å². The smallest absolute Gasteiger partial charge is 0.321 e. The van der Waals surface area contributed by atoms with Gasteiger partial charge in [-0.3, -0.25) is 10.1 Å². The maximum Gasteiger partial charge on any atom is 0.321 e. The molecule has 0 aliphatic carbocycles. The van der Waals surface area contributed by atoms with Crippen LogP contribution in [-0.2, 0) is 4.79 Å². The molecule has 0 spiro atoms. The number of fused-ring (bicyclic) bond motifs is 1. The summed E-state index contributed by atoms with van der Waals surface area (Å²) >= 11 is 1.71. The van der Waals surface area contributed by atoms with E-state index in [2.05, 4.69) is 16.7 Å². The first kappa shape index (κ1) is 16.9. The molecule has 1 aromatic carbocycles. The maximum atomic E-state index is 12.1. The first-order valence-electron chi connectivity index (χ1n) is 8.45. The summed E-state index contributed by atoms with van der Waals surface area (Å²) in [6.45, 7) is 3.79. The number of benzene rings is 1.